The van der Waals surface area contributed by atoms with Crippen LogP contribution in [0.15, 0.2) is 46.3 Å². The van der Waals surface area contributed by atoms with Gasteiger partial charge in [-0.15, -0.1) is 0 Å². The Bertz CT molecular complexity index is 1450. The standard InChI is InChI=1S/C23H24F6N2O5S2/c1-21(2,38(35,36)17-6-4-5-14(9-17)22(24,25)26)11-13-7-16(8-13)31-20(32)19-18(37(3,33)34)10-15(12-30-19)23(27,28)29/h4-6,9-10,12-13,16H,7-8,11H2,1-3H3,(H,31,32). The minimum absolute atomic E-state index is 0.0606. The molecule has 38 heavy (non-hydrogen) atoms. The molecule has 1 aromatic carbocycles. The predicted molar refractivity (Wildman–Crippen MR) is 124 cm³/mol. The molecule has 1 aromatic heterocycles. The van der Waals surface area contributed by atoms with Crippen molar-refractivity contribution in [3.8, 4) is 0 Å². The molecule has 0 unspecified atom stereocenters. The summed E-state index contributed by atoms with van der Waals surface area (Å²) in [5.41, 5.74) is -3.12. The highest BCUT2D eigenvalue weighted by molar-refractivity contribution is 7.92. The number of carbonyl (C=O) groups is 1. The van der Waals surface area contributed by atoms with Crippen molar-refractivity contribution in [1.82, 2.24) is 10.3 Å². The van der Waals surface area contributed by atoms with Crippen molar-refractivity contribution in [2.75, 3.05) is 6.26 Å². The molecule has 1 aliphatic rings. The molecule has 0 bridgehead atoms. The second-order valence-corrected chi connectivity index (χ2v) is 14.4. The molecule has 15 heteroatoms. The zero-order valence-electron chi connectivity index (χ0n) is 20.3. The fourth-order valence-corrected chi connectivity index (χ4v) is 6.76. The van der Waals surface area contributed by atoms with E-state index in [4.69, 9.17) is 0 Å². The van der Waals surface area contributed by atoms with Crippen molar-refractivity contribution in [2.45, 2.75) is 66.0 Å². The normalized spacial score (nSPS) is 19.1. The molecule has 1 aliphatic carbocycles. The Hall–Kier alpha value is -2.68. The van der Waals surface area contributed by atoms with Gasteiger partial charge < -0.3 is 5.32 Å². The lowest BCUT2D eigenvalue weighted by Crippen LogP contribution is -2.47. The van der Waals surface area contributed by atoms with Crippen LogP contribution in [0.25, 0.3) is 0 Å². The van der Waals surface area contributed by atoms with Crippen LogP contribution < -0.4 is 5.32 Å². The summed E-state index contributed by atoms with van der Waals surface area (Å²) >= 11 is 0. The first-order chi connectivity index (χ1) is 17.1. The van der Waals surface area contributed by atoms with Crippen molar-refractivity contribution in [3.63, 3.8) is 0 Å². The molecule has 7 nitrogen and oxygen atoms in total. The Morgan fingerprint density at radius 1 is 0.974 bits per heavy atom. The monoisotopic (exact) mass is 586 g/mol. The van der Waals surface area contributed by atoms with Crippen molar-refractivity contribution in [1.29, 1.82) is 0 Å². The average molecular weight is 587 g/mol. The third-order valence-corrected chi connectivity index (χ3v) is 9.95. The van der Waals surface area contributed by atoms with E-state index in [1.165, 1.54) is 13.8 Å². The Balaban J connectivity index is 1.69. The second-order valence-electron chi connectivity index (χ2n) is 9.84. The maximum atomic E-state index is 13.1. The van der Waals surface area contributed by atoms with E-state index in [0.29, 0.717) is 24.6 Å². The number of hydrogen-bond donors (Lipinski definition) is 1. The summed E-state index contributed by atoms with van der Waals surface area (Å²) < 4.78 is 127. The van der Waals surface area contributed by atoms with Crippen molar-refractivity contribution in [3.05, 3.63) is 53.3 Å². The number of benzene rings is 1. The number of hydrogen-bond acceptors (Lipinski definition) is 6. The van der Waals surface area contributed by atoms with Crippen LogP contribution in [-0.2, 0) is 32.0 Å². The fraction of sp³-hybridized carbons (Fsp3) is 0.478. The number of nitrogens with zero attached hydrogens (tertiary/aromatic N) is 1. The highest BCUT2D eigenvalue weighted by atomic mass is 32.2. The van der Waals surface area contributed by atoms with Gasteiger partial charge in [-0.2, -0.15) is 26.3 Å². The number of nitrogens with one attached hydrogen (secondary N) is 1. The second kappa shape index (κ2) is 9.81. The van der Waals surface area contributed by atoms with Gasteiger partial charge >= 0.3 is 12.4 Å². The van der Waals surface area contributed by atoms with Crippen molar-refractivity contribution >= 4 is 25.6 Å². The predicted octanol–water partition coefficient (Wildman–Crippen LogP) is 4.67. The molecular weight excluding hydrogens is 562 g/mol. The summed E-state index contributed by atoms with van der Waals surface area (Å²) in [5, 5.41) is 2.49. The third-order valence-electron chi connectivity index (χ3n) is 6.34. The van der Waals surface area contributed by atoms with Crippen LogP contribution in [-0.4, -0.2) is 44.8 Å². The molecule has 0 aliphatic heterocycles. The van der Waals surface area contributed by atoms with Crippen LogP contribution in [0.3, 0.4) is 0 Å². The summed E-state index contributed by atoms with van der Waals surface area (Å²) in [5.74, 6) is -1.25. The maximum Gasteiger partial charge on any atom is 0.417 e. The topological polar surface area (TPSA) is 110 Å². The lowest BCUT2D eigenvalue weighted by molar-refractivity contribution is -0.138. The van der Waals surface area contributed by atoms with E-state index in [0.717, 1.165) is 18.2 Å². The quantitative estimate of drug-likeness (QED) is 0.472. The van der Waals surface area contributed by atoms with E-state index in [-0.39, 0.29) is 25.2 Å². The molecule has 0 atom stereocenters. The number of sulfone groups is 2. The van der Waals surface area contributed by atoms with Crippen LogP contribution in [0.5, 0.6) is 0 Å². The van der Waals surface area contributed by atoms with Gasteiger partial charge in [0.05, 0.1) is 25.7 Å². The summed E-state index contributed by atoms with van der Waals surface area (Å²) in [7, 11) is -8.41. The Morgan fingerprint density at radius 3 is 2.08 bits per heavy atom. The summed E-state index contributed by atoms with van der Waals surface area (Å²) in [6, 6.07) is 3.26. The summed E-state index contributed by atoms with van der Waals surface area (Å²) in [4.78, 5) is 14.7. The van der Waals surface area contributed by atoms with Gasteiger partial charge in [-0.25, -0.2) is 21.8 Å². The average Bonchev–Trinajstić information content (AvgIpc) is 2.75. The van der Waals surface area contributed by atoms with E-state index in [2.05, 4.69) is 10.3 Å². The molecule has 1 saturated carbocycles. The molecule has 1 fully saturated rings. The van der Waals surface area contributed by atoms with E-state index >= 15 is 0 Å². The molecule has 1 N–H and O–H groups in total. The molecule has 0 spiro atoms. The van der Waals surface area contributed by atoms with E-state index in [9.17, 15) is 48.0 Å². The number of aromatic nitrogens is 1. The Morgan fingerprint density at radius 2 is 1.55 bits per heavy atom. The first-order valence-electron chi connectivity index (χ1n) is 11.1. The SMILES string of the molecule is CC(C)(CC1CC(NC(=O)c2ncc(C(F)(F)F)cc2S(C)(=O)=O)C1)S(=O)(=O)c1cccc(C(F)(F)F)c1. The number of rotatable bonds is 7. The smallest absolute Gasteiger partial charge is 0.348 e. The minimum atomic E-state index is -4.87. The zero-order valence-corrected chi connectivity index (χ0v) is 21.9. The summed E-state index contributed by atoms with van der Waals surface area (Å²) in [6.45, 7) is 2.78. The first kappa shape index (κ1) is 29.9. The van der Waals surface area contributed by atoms with Crippen LogP contribution in [0, 0.1) is 5.92 Å². The summed E-state index contributed by atoms with van der Waals surface area (Å²) in [6.07, 6.45) is -7.99. The van der Waals surface area contributed by atoms with Crippen LogP contribution in [0.1, 0.15) is 54.7 Å². The molecule has 3 rings (SSSR count). The first-order valence-corrected chi connectivity index (χ1v) is 14.5. The number of amides is 1. The van der Waals surface area contributed by atoms with E-state index in [1.807, 2.05) is 0 Å². The van der Waals surface area contributed by atoms with Gasteiger partial charge in [-0.05, 0) is 63.3 Å². The van der Waals surface area contributed by atoms with Crippen LogP contribution >= 0.6 is 0 Å². The van der Waals surface area contributed by atoms with Gasteiger partial charge in [0, 0.05) is 18.5 Å². The molecule has 210 valence electrons. The van der Waals surface area contributed by atoms with Gasteiger partial charge in [-0.1, -0.05) is 6.07 Å². The maximum absolute atomic E-state index is 13.1. The highest BCUT2D eigenvalue weighted by Crippen LogP contribution is 2.40. The lowest BCUT2D eigenvalue weighted by Gasteiger charge is -2.40. The van der Waals surface area contributed by atoms with Gasteiger partial charge in [0.15, 0.2) is 19.7 Å². The molecule has 0 saturated heterocycles. The molecule has 1 amide bonds. The number of halogens is 6. The van der Waals surface area contributed by atoms with Crippen molar-refractivity contribution in [2.24, 2.45) is 5.92 Å². The fourth-order valence-electron chi connectivity index (χ4n) is 4.29. The van der Waals surface area contributed by atoms with Gasteiger partial charge in [0.1, 0.15) is 5.69 Å². The lowest BCUT2D eigenvalue weighted by atomic mass is 9.75. The van der Waals surface area contributed by atoms with E-state index in [1.54, 1.807) is 0 Å². The number of pyridine rings is 1. The molecule has 1 heterocycles. The molecule has 0 radical (unpaired) electrons. The Labute approximate surface area is 215 Å². The van der Waals surface area contributed by atoms with Crippen LogP contribution in [0.4, 0.5) is 26.3 Å². The highest BCUT2D eigenvalue weighted by Gasteiger charge is 2.43. The van der Waals surface area contributed by atoms with E-state index < -0.39 is 75.3 Å². The van der Waals surface area contributed by atoms with Gasteiger partial charge in [0.25, 0.3) is 5.91 Å². The largest absolute Gasteiger partial charge is 0.417 e. The van der Waals surface area contributed by atoms with Gasteiger partial charge in [-0.3, -0.25) is 4.79 Å². The minimum Gasteiger partial charge on any atom is -0.348 e. The molecular formula is C23H24F6N2O5S2. The van der Waals surface area contributed by atoms with Gasteiger partial charge in [0.2, 0.25) is 0 Å². The van der Waals surface area contributed by atoms with Crippen molar-refractivity contribution < 1.29 is 48.0 Å². The molecule has 2 aromatic rings. The third kappa shape index (κ3) is 6.30. The van der Waals surface area contributed by atoms with Crippen LogP contribution in [0.2, 0.25) is 0 Å². The Kier molecular flexibility index (Phi) is 7.71. The number of carbonyl (C=O) groups excluding carboxylic acids is 1. The number of alkyl halides is 6. The zero-order chi connectivity index (χ0) is 28.9.